The van der Waals surface area contributed by atoms with Crippen molar-refractivity contribution in [3.8, 4) is 5.75 Å². The molecule has 1 N–H and O–H groups in total. The molecule has 2 amide bonds. The number of aromatic nitrogens is 1. The van der Waals surface area contributed by atoms with Gasteiger partial charge < -0.3 is 14.6 Å². The zero-order valence-corrected chi connectivity index (χ0v) is 14.6. The molecule has 0 aliphatic carbocycles. The number of amides is 2. The molecule has 0 aliphatic rings. The molecule has 0 aliphatic heterocycles. The van der Waals surface area contributed by atoms with Gasteiger partial charge in [0.05, 0.1) is 0 Å². The molecule has 7 nitrogen and oxygen atoms in total. The number of hydrogen-bond donors (Lipinski definition) is 1. The maximum Gasteiger partial charge on any atom is 0.425 e. The molecule has 0 radical (unpaired) electrons. The van der Waals surface area contributed by atoms with E-state index in [9.17, 15) is 14.7 Å². The maximum absolute atomic E-state index is 12.4. The average Bonchev–Trinajstić information content (AvgIpc) is 2.21. The lowest BCUT2D eigenvalue weighted by Gasteiger charge is -2.28. The lowest BCUT2D eigenvalue weighted by molar-refractivity contribution is 0.0429. The van der Waals surface area contributed by atoms with Crippen LogP contribution in [0.15, 0.2) is 12.1 Å². The molecule has 0 atom stereocenters. The fourth-order valence-corrected chi connectivity index (χ4v) is 1.62. The second-order valence-electron chi connectivity index (χ2n) is 7.12. The summed E-state index contributed by atoms with van der Waals surface area (Å²) >= 11 is 0. The molecule has 0 saturated carbocycles. The van der Waals surface area contributed by atoms with Gasteiger partial charge in [0.15, 0.2) is 5.82 Å². The summed E-state index contributed by atoms with van der Waals surface area (Å²) in [6.45, 7) is 11.7. The summed E-state index contributed by atoms with van der Waals surface area (Å²) < 4.78 is 10.5. The van der Waals surface area contributed by atoms with Gasteiger partial charge in [0.25, 0.3) is 0 Å². The molecule has 1 heterocycles. The van der Waals surface area contributed by atoms with Gasteiger partial charge in [-0.15, -0.1) is 0 Å². The second kappa shape index (κ2) is 6.44. The Bertz CT molecular complexity index is 551. The van der Waals surface area contributed by atoms with E-state index in [1.807, 2.05) is 0 Å². The summed E-state index contributed by atoms with van der Waals surface area (Å²) in [5, 5.41) is 9.70. The van der Waals surface area contributed by atoms with Gasteiger partial charge in [-0.1, -0.05) is 0 Å². The van der Waals surface area contributed by atoms with E-state index >= 15 is 0 Å². The molecule has 1 aromatic rings. The van der Waals surface area contributed by atoms with E-state index < -0.39 is 23.4 Å². The fourth-order valence-electron chi connectivity index (χ4n) is 1.62. The number of carbonyl (C=O) groups is 2. The summed E-state index contributed by atoms with van der Waals surface area (Å²) in [6, 6.07) is 2.60. The molecule has 1 rings (SSSR count). The first-order valence-electron chi connectivity index (χ1n) is 7.22. The van der Waals surface area contributed by atoms with Crippen LogP contribution in [-0.2, 0) is 9.47 Å². The van der Waals surface area contributed by atoms with Crippen molar-refractivity contribution in [2.45, 2.75) is 59.7 Å². The van der Waals surface area contributed by atoms with Gasteiger partial charge in [-0.05, 0) is 48.5 Å². The molecule has 7 heteroatoms. The van der Waals surface area contributed by atoms with Crippen LogP contribution in [-0.4, -0.2) is 33.5 Å². The third-order valence-electron chi connectivity index (χ3n) is 2.31. The molecule has 128 valence electrons. The van der Waals surface area contributed by atoms with Gasteiger partial charge in [0.2, 0.25) is 0 Å². The van der Waals surface area contributed by atoms with Gasteiger partial charge in [-0.3, -0.25) is 0 Å². The van der Waals surface area contributed by atoms with Crippen LogP contribution in [0.1, 0.15) is 47.2 Å². The predicted molar refractivity (Wildman–Crippen MR) is 85.6 cm³/mol. The zero-order valence-electron chi connectivity index (χ0n) is 14.6. The molecule has 0 unspecified atom stereocenters. The maximum atomic E-state index is 12.4. The number of anilines is 1. The van der Waals surface area contributed by atoms with Crippen LogP contribution >= 0.6 is 0 Å². The molecule has 0 saturated heterocycles. The number of aryl methyl sites for hydroxylation is 1. The van der Waals surface area contributed by atoms with Crippen LogP contribution in [0.25, 0.3) is 0 Å². The number of hydrogen-bond acceptors (Lipinski definition) is 6. The topological polar surface area (TPSA) is 89.0 Å². The van der Waals surface area contributed by atoms with Crippen molar-refractivity contribution in [3.63, 3.8) is 0 Å². The molecule has 1 aromatic heterocycles. The van der Waals surface area contributed by atoms with Crippen LogP contribution < -0.4 is 4.90 Å². The first-order valence-corrected chi connectivity index (χ1v) is 7.22. The van der Waals surface area contributed by atoms with E-state index in [4.69, 9.17) is 9.47 Å². The minimum atomic E-state index is -0.927. The first kappa shape index (κ1) is 18.7. The highest BCUT2D eigenvalue weighted by Gasteiger charge is 2.33. The summed E-state index contributed by atoms with van der Waals surface area (Å²) in [7, 11) is 0. The smallest absolute Gasteiger partial charge is 0.425 e. The van der Waals surface area contributed by atoms with Crippen molar-refractivity contribution in [3.05, 3.63) is 17.8 Å². The molecular formula is C16H24N2O5. The van der Waals surface area contributed by atoms with E-state index in [0.717, 1.165) is 0 Å². The molecule has 0 aromatic carbocycles. The number of aromatic hydroxyl groups is 1. The molecule has 0 bridgehead atoms. The SMILES string of the molecule is Cc1cc(O)cc(N(C(=O)OC(C)(C)C)C(=O)OC(C)(C)C)n1. The average molecular weight is 324 g/mol. The third kappa shape index (κ3) is 6.14. The minimum Gasteiger partial charge on any atom is -0.508 e. The Hall–Kier alpha value is -2.31. The van der Waals surface area contributed by atoms with E-state index in [-0.39, 0.29) is 11.6 Å². The second-order valence-corrected chi connectivity index (χ2v) is 7.12. The van der Waals surface area contributed by atoms with Crippen LogP contribution in [0.4, 0.5) is 15.4 Å². The Morgan fingerprint density at radius 2 is 1.43 bits per heavy atom. The molecular weight excluding hydrogens is 300 g/mol. The highest BCUT2D eigenvalue weighted by atomic mass is 16.6. The quantitative estimate of drug-likeness (QED) is 0.845. The Balaban J connectivity index is 3.25. The lowest BCUT2D eigenvalue weighted by Crippen LogP contribution is -2.44. The van der Waals surface area contributed by atoms with E-state index in [1.54, 1.807) is 48.5 Å². The van der Waals surface area contributed by atoms with Gasteiger partial charge in [-0.2, -0.15) is 4.90 Å². The van der Waals surface area contributed by atoms with Crippen molar-refractivity contribution in [2.75, 3.05) is 4.90 Å². The summed E-state index contributed by atoms with van der Waals surface area (Å²) in [4.78, 5) is 29.6. The Kier molecular flexibility index (Phi) is 5.24. The number of ether oxygens (including phenoxy) is 2. The zero-order chi connectivity index (χ0) is 18.0. The fraction of sp³-hybridized carbons (Fsp3) is 0.562. The number of nitrogens with zero attached hydrogens (tertiary/aromatic N) is 2. The minimum absolute atomic E-state index is 0.0639. The van der Waals surface area contributed by atoms with Crippen molar-refractivity contribution in [2.24, 2.45) is 0 Å². The summed E-state index contributed by atoms with van der Waals surface area (Å²) in [5.41, 5.74) is -1.16. The Morgan fingerprint density at radius 1 is 1.00 bits per heavy atom. The van der Waals surface area contributed by atoms with Crippen LogP contribution in [0.2, 0.25) is 0 Å². The first-order chi connectivity index (χ1) is 10.3. The molecule has 0 spiro atoms. The van der Waals surface area contributed by atoms with Crippen LogP contribution in [0.5, 0.6) is 5.75 Å². The normalized spacial score (nSPS) is 11.8. The van der Waals surface area contributed by atoms with Crippen molar-refractivity contribution < 1.29 is 24.2 Å². The van der Waals surface area contributed by atoms with Crippen molar-refractivity contribution in [1.29, 1.82) is 0 Å². The van der Waals surface area contributed by atoms with E-state index in [0.29, 0.717) is 10.6 Å². The number of imide groups is 1. The number of carbonyl (C=O) groups excluding carboxylic acids is 2. The van der Waals surface area contributed by atoms with Crippen LogP contribution in [0.3, 0.4) is 0 Å². The monoisotopic (exact) mass is 324 g/mol. The van der Waals surface area contributed by atoms with E-state index in [1.165, 1.54) is 12.1 Å². The lowest BCUT2D eigenvalue weighted by atomic mass is 10.2. The van der Waals surface area contributed by atoms with Crippen LogP contribution in [0, 0.1) is 6.92 Å². The molecule has 0 fully saturated rings. The summed E-state index contributed by atoms with van der Waals surface area (Å²) in [6.07, 6.45) is -1.85. The number of rotatable bonds is 1. The van der Waals surface area contributed by atoms with Gasteiger partial charge in [0, 0.05) is 17.8 Å². The van der Waals surface area contributed by atoms with Crippen molar-refractivity contribution in [1.82, 2.24) is 4.98 Å². The highest BCUT2D eigenvalue weighted by Crippen LogP contribution is 2.23. The highest BCUT2D eigenvalue weighted by molar-refractivity contribution is 6.08. The van der Waals surface area contributed by atoms with Gasteiger partial charge >= 0.3 is 12.2 Å². The standard InChI is InChI=1S/C16H24N2O5/c1-10-8-11(19)9-12(17-10)18(13(20)22-15(2,3)4)14(21)23-16(5,6)7/h8-9H,1-7H3,(H,17,19). The Labute approximate surface area is 136 Å². The number of pyridine rings is 1. The Morgan fingerprint density at radius 3 is 1.78 bits per heavy atom. The molecule has 23 heavy (non-hydrogen) atoms. The third-order valence-corrected chi connectivity index (χ3v) is 2.31. The largest absolute Gasteiger partial charge is 0.508 e. The summed E-state index contributed by atoms with van der Waals surface area (Å²) in [5.74, 6) is -0.185. The van der Waals surface area contributed by atoms with Gasteiger partial charge in [0.1, 0.15) is 17.0 Å². The van der Waals surface area contributed by atoms with E-state index in [2.05, 4.69) is 4.98 Å². The predicted octanol–water partition coefficient (Wildman–Crippen LogP) is 3.77. The van der Waals surface area contributed by atoms with Gasteiger partial charge in [-0.25, -0.2) is 14.6 Å². The van der Waals surface area contributed by atoms with Crippen molar-refractivity contribution >= 4 is 18.0 Å².